The van der Waals surface area contributed by atoms with Crippen molar-refractivity contribution in [1.29, 1.82) is 0 Å². The number of carboxylic acids is 1. The minimum Gasteiger partial charge on any atom is -0.491 e. The van der Waals surface area contributed by atoms with Crippen LogP contribution in [0, 0.1) is 19.8 Å². The van der Waals surface area contributed by atoms with E-state index in [1.165, 1.54) is 11.3 Å². The zero-order chi connectivity index (χ0) is 32.3. The number of likely N-dealkylation sites (tertiary alicyclic amines) is 1. The molecule has 0 amide bonds. The van der Waals surface area contributed by atoms with E-state index in [2.05, 4.69) is 9.88 Å². The second kappa shape index (κ2) is 12.0. The highest BCUT2D eigenvalue weighted by atomic mass is 35.5. The highest BCUT2D eigenvalue weighted by Crippen LogP contribution is 2.55. The van der Waals surface area contributed by atoms with Gasteiger partial charge in [-0.2, -0.15) is 0 Å². The zero-order valence-electron chi connectivity index (χ0n) is 25.7. The Labute approximate surface area is 274 Å². The molecule has 1 saturated heterocycles. The minimum atomic E-state index is -2.32. The van der Waals surface area contributed by atoms with Crippen LogP contribution in [-0.2, 0) is 18.4 Å². The van der Waals surface area contributed by atoms with Gasteiger partial charge in [0.1, 0.15) is 18.2 Å². The predicted molar refractivity (Wildman–Crippen MR) is 174 cm³/mol. The molecule has 8 nitrogen and oxygen atoms in total. The molecule has 1 aromatic carbocycles. The molecule has 2 atom stereocenters. The lowest BCUT2D eigenvalue weighted by Crippen LogP contribution is -2.50. The molecule has 2 fully saturated rings. The number of rotatable bonds is 8. The average molecular weight is 669 g/mol. The van der Waals surface area contributed by atoms with Gasteiger partial charge in [0.05, 0.1) is 28.0 Å². The largest absolute Gasteiger partial charge is 0.491 e. The molecule has 3 aromatic heterocycles. The number of nitrogens with zero attached hydrogens (tertiary/aromatic N) is 4. The van der Waals surface area contributed by atoms with Crippen molar-refractivity contribution >= 4 is 39.1 Å². The molecule has 1 saturated carbocycles. The highest BCUT2D eigenvalue weighted by Gasteiger charge is 2.53. The van der Waals surface area contributed by atoms with Crippen LogP contribution in [-0.4, -0.2) is 62.7 Å². The molecular formula is C34H35ClF2N4O4S. The minimum absolute atomic E-state index is 0.0645. The topological polar surface area (TPSA) is 97.6 Å². The van der Waals surface area contributed by atoms with Crippen LogP contribution in [0.15, 0.2) is 34.4 Å². The number of pyridine rings is 1. The lowest BCUT2D eigenvalue weighted by Gasteiger charge is -2.42. The molecule has 0 unspecified atom stereocenters. The van der Waals surface area contributed by atoms with Crippen molar-refractivity contribution in [3.63, 3.8) is 0 Å². The van der Waals surface area contributed by atoms with E-state index in [4.69, 9.17) is 21.3 Å². The number of thiophene rings is 1. The Morgan fingerprint density at radius 1 is 1.22 bits per heavy atom. The number of aryl methyl sites for hydroxylation is 2. The summed E-state index contributed by atoms with van der Waals surface area (Å²) in [7, 11) is 0. The predicted octanol–water partition coefficient (Wildman–Crippen LogP) is 6.89. The molecule has 7 rings (SSSR count). The first kappa shape index (κ1) is 31.2. The van der Waals surface area contributed by atoms with E-state index in [0.29, 0.717) is 58.3 Å². The summed E-state index contributed by atoms with van der Waals surface area (Å²) in [6.07, 6.45) is 2.32. The van der Waals surface area contributed by atoms with Crippen LogP contribution >= 0.6 is 22.9 Å². The van der Waals surface area contributed by atoms with Gasteiger partial charge in [0.15, 0.2) is 0 Å². The first-order valence-electron chi connectivity index (χ1n) is 15.7. The first-order chi connectivity index (χ1) is 22.0. The standard InChI is InChI=1S/C34H35ClF2N4O4S/c1-18-12-24(29-28(38-18)26(17-46-29)33(43)44)23-13-21(35)5-6-27(23)45-11-10-41-19(2)39-30-25(32(41)42)14-22(15-34(30)7-8-34)40-9-3-4-20(16-40)31(36)37/h5-6,12-13,17,20,22,31H,3-4,7-11,14-16H2,1-2H3,(H,43,44)/t20-,22-/m1/s1. The maximum absolute atomic E-state index is 14.0. The number of halogens is 3. The van der Waals surface area contributed by atoms with Crippen LogP contribution in [0.2, 0.25) is 5.02 Å². The van der Waals surface area contributed by atoms with Gasteiger partial charge in [0, 0.05) is 56.7 Å². The van der Waals surface area contributed by atoms with Crippen LogP contribution in [0.5, 0.6) is 5.75 Å². The van der Waals surface area contributed by atoms with Crippen molar-refractivity contribution in [1.82, 2.24) is 19.4 Å². The van der Waals surface area contributed by atoms with E-state index in [9.17, 15) is 23.5 Å². The third-order valence-corrected chi connectivity index (χ3v) is 11.2. The summed E-state index contributed by atoms with van der Waals surface area (Å²) in [6, 6.07) is 7.25. The van der Waals surface area contributed by atoms with Gasteiger partial charge in [0.2, 0.25) is 6.43 Å². The zero-order valence-corrected chi connectivity index (χ0v) is 27.3. The maximum atomic E-state index is 14.0. The molecular weight excluding hydrogens is 634 g/mol. The monoisotopic (exact) mass is 668 g/mol. The second-order valence-corrected chi connectivity index (χ2v) is 14.3. The SMILES string of the molecule is Cc1cc(-c2cc(Cl)ccc2OCCn2c(C)nc3c(c2=O)C[C@@H](N2CCC[C@@H](C(F)F)C2)CC32CC2)c2scc(C(=O)O)c2n1. The third-order valence-electron chi connectivity index (χ3n) is 9.92. The molecule has 2 aliphatic carbocycles. The van der Waals surface area contributed by atoms with Crippen molar-refractivity contribution in [2.24, 2.45) is 5.92 Å². The van der Waals surface area contributed by atoms with E-state index in [-0.39, 0.29) is 35.7 Å². The van der Waals surface area contributed by atoms with Crippen LogP contribution in [0.3, 0.4) is 0 Å². The summed E-state index contributed by atoms with van der Waals surface area (Å²) < 4.78 is 35.9. The van der Waals surface area contributed by atoms with Crippen LogP contribution in [0.4, 0.5) is 8.78 Å². The molecule has 0 bridgehead atoms. The number of piperidine rings is 1. The lowest BCUT2D eigenvalue weighted by molar-refractivity contribution is 0.00962. The molecule has 1 aliphatic heterocycles. The van der Waals surface area contributed by atoms with Crippen molar-refractivity contribution in [3.05, 3.63) is 73.4 Å². The number of ether oxygens (including phenoxy) is 1. The lowest BCUT2D eigenvalue weighted by atomic mass is 9.79. The number of carbonyl (C=O) groups is 1. The van der Waals surface area contributed by atoms with E-state index in [1.807, 2.05) is 19.9 Å². The van der Waals surface area contributed by atoms with E-state index in [0.717, 1.165) is 48.2 Å². The fraction of sp³-hybridized carbons (Fsp3) is 0.471. The van der Waals surface area contributed by atoms with Gasteiger partial charge >= 0.3 is 5.97 Å². The number of fused-ring (bicyclic) bond motifs is 3. The number of benzene rings is 1. The Morgan fingerprint density at radius 3 is 2.76 bits per heavy atom. The molecule has 4 heterocycles. The van der Waals surface area contributed by atoms with E-state index >= 15 is 0 Å². The number of aromatic nitrogens is 3. The summed E-state index contributed by atoms with van der Waals surface area (Å²) in [5.41, 5.74) is 4.13. The molecule has 0 radical (unpaired) electrons. The fourth-order valence-corrected chi connectivity index (χ4v) is 8.63. The summed E-state index contributed by atoms with van der Waals surface area (Å²) in [6.45, 7) is 5.29. The van der Waals surface area contributed by atoms with Crippen molar-refractivity contribution in [3.8, 4) is 16.9 Å². The number of hydrogen-bond acceptors (Lipinski definition) is 7. The van der Waals surface area contributed by atoms with Crippen molar-refractivity contribution in [2.75, 3.05) is 19.7 Å². The summed E-state index contributed by atoms with van der Waals surface area (Å²) in [5, 5.41) is 11.8. The molecule has 46 heavy (non-hydrogen) atoms. The van der Waals surface area contributed by atoms with Crippen molar-refractivity contribution in [2.45, 2.75) is 76.8 Å². The number of carboxylic acid groups (broad SMARTS) is 1. The van der Waals surface area contributed by atoms with Crippen LogP contribution < -0.4 is 10.3 Å². The third kappa shape index (κ3) is 5.60. The Balaban J connectivity index is 1.15. The molecule has 12 heteroatoms. The molecule has 4 aromatic rings. The Morgan fingerprint density at radius 2 is 2.02 bits per heavy atom. The summed E-state index contributed by atoms with van der Waals surface area (Å²) in [4.78, 5) is 37.5. The van der Waals surface area contributed by atoms with Gasteiger partial charge in [-0.15, -0.1) is 11.3 Å². The smallest absolute Gasteiger partial charge is 0.338 e. The average Bonchev–Trinajstić information content (AvgIpc) is 3.66. The molecule has 3 aliphatic rings. The Bertz CT molecular complexity index is 1910. The van der Waals surface area contributed by atoms with E-state index < -0.39 is 18.3 Å². The highest BCUT2D eigenvalue weighted by molar-refractivity contribution is 7.18. The molecule has 242 valence electrons. The van der Waals surface area contributed by atoms with Gasteiger partial charge in [-0.3, -0.25) is 19.2 Å². The first-order valence-corrected chi connectivity index (χ1v) is 17.0. The normalized spacial score (nSPS) is 20.7. The Kier molecular flexibility index (Phi) is 8.13. The van der Waals surface area contributed by atoms with Crippen molar-refractivity contribution < 1.29 is 23.4 Å². The van der Waals surface area contributed by atoms with Crippen LogP contribution in [0.25, 0.3) is 21.3 Å². The van der Waals surface area contributed by atoms with Gasteiger partial charge < -0.3 is 9.84 Å². The summed E-state index contributed by atoms with van der Waals surface area (Å²) >= 11 is 7.72. The van der Waals surface area contributed by atoms with Gasteiger partial charge in [-0.1, -0.05) is 11.6 Å². The number of aromatic carboxylic acids is 1. The molecule has 1 N–H and O–H groups in total. The molecule has 1 spiro atoms. The second-order valence-electron chi connectivity index (χ2n) is 12.9. The number of hydrogen-bond donors (Lipinski definition) is 1. The maximum Gasteiger partial charge on any atom is 0.338 e. The quantitative estimate of drug-likeness (QED) is 0.218. The fourth-order valence-electron chi connectivity index (χ4n) is 7.44. The van der Waals surface area contributed by atoms with Crippen LogP contribution in [0.1, 0.15) is 65.2 Å². The van der Waals surface area contributed by atoms with Gasteiger partial charge in [-0.25, -0.2) is 18.6 Å². The van der Waals surface area contributed by atoms with E-state index in [1.54, 1.807) is 28.1 Å². The van der Waals surface area contributed by atoms with Gasteiger partial charge in [0.25, 0.3) is 5.56 Å². The van der Waals surface area contributed by atoms with Gasteiger partial charge in [-0.05, 0) is 83.2 Å². The Hall–Kier alpha value is -3.41. The summed E-state index contributed by atoms with van der Waals surface area (Å²) in [5.74, 6) is -0.465. The number of alkyl halides is 2.